The summed E-state index contributed by atoms with van der Waals surface area (Å²) in [6.07, 6.45) is 0. The van der Waals surface area contributed by atoms with Gasteiger partial charge < -0.3 is 5.73 Å². The fraction of sp³-hybridized carbons (Fsp3) is 0.0667. The molecule has 0 saturated heterocycles. The SMILES string of the molecule is Nc1ccc(C2C(=O)c3ccccc3C2=O)cc1. The maximum atomic E-state index is 12.2. The summed E-state index contributed by atoms with van der Waals surface area (Å²) in [4.78, 5) is 24.5. The Labute approximate surface area is 104 Å². The minimum atomic E-state index is -0.706. The lowest BCUT2D eigenvalue weighted by molar-refractivity contribution is 0.0890. The predicted octanol–water partition coefficient (Wildman–Crippen LogP) is 2.43. The van der Waals surface area contributed by atoms with E-state index in [-0.39, 0.29) is 11.6 Å². The lowest BCUT2D eigenvalue weighted by Crippen LogP contribution is -2.12. The molecular formula is C15H11NO2. The van der Waals surface area contributed by atoms with Gasteiger partial charge in [-0.25, -0.2) is 0 Å². The highest BCUT2D eigenvalue weighted by molar-refractivity contribution is 6.29. The molecule has 0 aliphatic heterocycles. The molecule has 0 amide bonds. The molecule has 3 rings (SSSR count). The smallest absolute Gasteiger partial charge is 0.178 e. The minimum absolute atomic E-state index is 0.125. The standard InChI is InChI=1S/C15H11NO2/c16-10-7-5-9(6-8-10)13-14(17)11-3-1-2-4-12(11)15(13)18/h1-8,13H,16H2. The molecule has 0 spiro atoms. The van der Waals surface area contributed by atoms with Gasteiger partial charge in [-0.05, 0) is 17.7 Å². The van der Waals surface area contributed by atoms with E-state index in [2.05, 4.69) is 0 Å². The number of anilines is 1. The molecule has 2 aromatic rings. The Kier molecular flexibility index (Phi) is 2.27. The van der Waals surface area contributed by atoms with Gasteiger partial charge in [0.1, 0.15) is 5.92 Å². The number of carbonyl (C=O) groups excluding carboxylic acids is 2. The van der Waals surface area contributed by atoms with Crippen LogP contribution >= 0.6 is 0 Å². The van der Waals surface area contributed by atoms with Crippen molar-refractivity contribution in [3.63, 3.8) is 0 Å². The molecule has 0 bridgehead atoms. The highest BCUT2D eigenvalue weighted by atomic mass is 16.2. The molecule has 3 heteroatoms. The Morgan fingerprint density at radius 3 is 1.78 bits per heavy atom. The third-order valence-electron chi connectivity index (χ3n) is 3.25. The number of rotatable bonds is 1. The van der Waals surface area contributed by atoms with E-state index >= 15 is 0 Å². The molecule has 18 heavy (non-hydrogen) atoms. The molecule has 0 fully saturated rings. The van der Waals surface area contributed by atoms with Crippen LogP contribution in [0.4, 0.5) is 5.69 Å². The molecule has 0 aromatic heterocycles. The van der Waals surface area contributed by atoms with Gasteiger partial charge in [0, 0.05) is 16.8 Å². The van der Waals surface area contributed by atoms with Crippen LogP contribution < -0.4 is 5.73 Å². The maximum Gasteiger partial charge on any atom is 0.178 e. The second-order valence-electron chi connectivity index (χ2n) is 4.37. The second-order valence-corrected chi connectivity index (χ2v) is 4.37. The number of benzene rings is 2. The zero-order valence-electron chi connectivity index (χ0n) is 9.59. The quantitative estimate of drug-likeness (QED) is 0.612. The number of ketones is 2. The van der Waals surface area contributed by atoms with Gasteiger partial charge in [-0.3, -0.25) is 9.59 Å². The van der Waals surface area contributed by atoms with Crippen LogP contribution in [0.1, 0.15) is 32.2 Å². The number of Topliss-reactive ketones (excluding diaryl/α,β-unsaturated/α-hetero) is 2. The van der Waals surface area contributed by atoms with Crippen LogP contribution in [0.25, 0.3) is 0 Å². The van der Waals surface area contributed by atoms with Gasteiger partial charge in [0.05, 0.1) is 0 Å². The molecule has 3 nitrogen and oxygen atoms in total. The van der Waals surface area contributed by atoms with E-state index in [1.54, 1.807) is 48.5 Å². The summed E-state index contributed by atoms with van der Waals surface area (Å²) in [5, 5.41) is 0. The van der Waals surface area contributed by atoms with Crippen molar-refractivity contribution in [2.75, 3.05) is 5.73 Å². The normalized spacial score (nSPS) is 14.9. The highest BCUT2D eigenvalue weighted by Crippen LogP contribution is 2.33. The molecule has 88 valence electrons. The van der Waals surface area contributed by atoms with Crippen LogP contribution in [0.3, 0.4) is 0 Å². The third kappa shape index (κ3) is 1.44. The Bertz CT molecular complexity index is 609. The van der Waals surface area contributed by atoms with Gasteiger partial charge in [0.2, 0.25) is 0 Å². The van der Waals surface area contributed by atoms with Crippen molar-refractivity contribution in [2.24, 2.45) is 0 Å². The van der Waals surface area contributed by atoms with Crippen molar-refractivity contribution in [1.82, 2.24) is 0 Å². The predicted molar refractivity (Wildman–Crippen MR) is 68.7 cm³/mol. The van der Waals surface area contributed by atoms with E-state index in [9.17, 15) is 9.59 Å². The van der Waals surface area contributed by atoms with Gasteiger partial charge in [0.15, 0.2) is 11.6 Å². The summed E-state index contributed by atoms with van der Waals surface area (Å²) in [7, 11) is 0. The molecule has 0 atom stereocenters. The molecular weight excluding hydrogens is 226 g/mol. The van der Waals surface area contributed by atoms with Crippen molar-refractivity contribution in [1.29, 1.82) is 0 Å². The highest BCUT2D eigenvalue weighted by Gasteiger charge is 2.38. The molecule has 0 heterocycles. The largest absolute Gasteiger partial charge is 0.399 e. The molecule has 2 N–H and O–H groups in total. The second kappa shape index (κ2) is 3.81. The first-order valence-corrected chi connectivity index (χ1v) is 5.71. The van der Waals surface area contributed by atoms with E-state index in [0.717, 1.165) is 0 Å². The fourth-order valence-corrected chi connectivity index (χ4v) is 2.33. The minimum Gasteiger partial charge on any atom is -0.399 e. The van der Waals surface area contributed by atoms with Crippen LogP contribution in [-0.2, 0) is 0 Å². The van der Waals surface area contributed by atoms with E-state index in [4.69, 9.17) is 5.73 Å². The topological polar surface area (TPSA) is 60.2 Å². The molecule has 2 aromatic carbocycles. The lowest BCUT2D eigenvalue weighted by Gasteiger charge is -2.07. The zero-order chi connectivity index (χ0) is 12.7. The first kappa shape index (κ1) is 10.7. The van der Waals surface area contributed by atoms with Crippen LogP contribution in [-0.4, -0.2) is 11.6 Å². The van der Waals surface area contributed by atoms with E-state index in [1.165, 1.54) is 0 Å². The average Bonchev–Trinajstić information content (AvgIpc) is 2.64. The number of hydrogen-bond donors (Lipinski definition) is 1. The average molecular weight is 237 g/mol. The molecule has 0 radical (unpaired) electrons. The lowest BCUT2D eigenvalue weighted by atomic mass is 9.94. The van der Waals surface area contributed by atoms with Crippen LogP contribution in [0, 0.1) is 0 Å². The monoisotopic (exact) mass is 237 g/mol. The summed E-state index contributed by atoms with van der Waals surface area (Å²) in [6, 6.07) is 13.8. The Morgan fingerprint density at radius 2 is 1.28 bits per heavy atom. The molecule has 1 aliphatic carbocycles. The third-order valence-corrected chi connectivity index (χ3v) is 3.25. The first-order chi connectivity index (χ1) is 8.68. The van der Waals surface area contributed by atoms with Gasteiger partial charge in [-0.1, -0.05) is 36.4 Å². The Hall–Kier alpha value is -2.42. The number of fused-ring (bicyclic) bond motifs is 1. The number of carbonyl (C=O) groups is 2. The van der Waals surface area contributed by atoms with E-state index < -0.39 is 5.92 Å². The van der Waals surface area contributed by atoms with Gasteiger partial charge in [0.25, 0.3) is 0 Å². The molecule has 0 saturated carbocycles. The van der Waals surface area contributed by atoms with Crippen LogP contribution in [0.15, 0.2) is 48.5 Å². The number of hydrogen-bond acceptors (Lipinski definition) is 3. The fourth-order valence-electron chi connectivity index (χ4n) is 2.33. The van der Waals surface area contributed by atoms with Gasteiger partial charge in [-0.15, -0.1) is 0 Å². The van der Waals surface area contributed by atoms with Crippen molar-refractivity contribution in [3.05, 3.63) is 65.2 Å². The van der Waals surface area contributed by atoms with Crippen molar-refractivity contribution in [2.45, 2.75) is 5.92 Å². The number of nitrogens with two attached hydrogens (primary N) is 1. The van der Waals surface area contributed by atoms with Gasteiger partial charge in [-0.2, -0.15) is 0 Å². The zero-order valence-corrected chi connectivity index (χ0v) is 9.59. The van der Waals surface area contributed by atoms with E-state index in [0.29, 0.717) is 22.4 Å². The van der Waals surface area contributed by atoms with E-state index in [1.807, 2.05) is 0 Å². The van der Waals surface area contributed by atoms with Crippen LogP contribution in [0.2, 0.25) is 0 Å². The van der Waals surface area contributed by atoms with Crippen LogP contribution in [0.5, 0.6) is 0 Å². The molecule has 1 aliphatic rings. The van der Waals surface area contributed by atoms with Gasteiger partial charge >= 0.3 is 0 Å². The summed E-state index contributed by atoms with van der Waals surface area (Å²) >= 11 is 0. The summed E-state index contributed by atoms with van der Waals surface area (Å²) in [6.45, 7) is 0. The summed E-state index contributed by atoms with van der Waals surface area (Å²) < 4.78 is 0. The van der Waals surface area contributed by atoms with Crippen molar-refractivity contribution in [3.8, 4) is 0 Å². The Morgan fingerprint density at radius 1 is 0.778 bits per heavy atom. The maximum absolute atomic E-state index is 12.2. The van der Waals surface area contributed by atoms with Crippen molar-refractivity contribution < 1.29 is 9.59 Å². The summed E-state index contributed by atoms with van der Waals surface area (Å²) in [5.74, 6) is -0.955. The molecule has 0 unspecified atom stereocenters. The number of nitrogen functional groups attached to an aromatic ring is 1. The first-order valence-electron chi connectivity index (χ1n) is 5.71. The van der Waals surface area contributed by atoms with Crippen molar-refractivity contribution >= 4 is 17.3 Å². The summed E-state index contributed by atoms with van der Waals surface area (Å²) in [5.41, 5.74) is 7.97. The Balaban J connectivity index is 2.09.